The summed E-state index contributed by atoms with van der Waals surface area (Å²) in [6, 6.07) is 12.1. The summed E-state index contributed by atoms with van der Waals surface area (Å²) in [5.74, 6) is -0.872. The number of rotatable bonds is 4. The first kappa shape index (κ1) is 19.1. The van der Waals surface area contributed by atoms with Crippen LogP contribution in [0.2, 0.25) is 0 Å². The molecular weight excluding hydrogens is 324 g/mol. The first-order valence-electron chi connectivity index (χ1n) is 5.99. The van der Waals surface area contributed by atoms with Gasteiger partial charge in [0.2, 0.25) is 0 Å². The second-order valence-corrected chi connectivity index (χ2v) is 5.31. The third-order valence-corrected chi connectivity index (χ3v) is 3.92. The Bertz CT molecular complexity index is 651. The van der Waals surface area contributed by atoms with Gasteiger partial charge in [0.1, 0.15) is 0 Å². The normalized spacial score (nSPS) is 10.9. The number of carboxylic acids is 1. The van der Waals surface area contributed by atoms with Gasteiger partial charge in [-0.1, -0.05) is 30.3 Å². The molecule has 0 spiro atoms. The summed E-state index contributed by atoms with van der Waals surface area (Å²) >= 11 is 1.20. The average Bonchev–Trinajstić information content (AvgIpc) is 2.45. The van der Waals surface area contributed by atoms with Crippen molar-refractivity contribution in [3.63, 3.8) is 0 Å². The zero-order valence-electron chi connectivity index (χ0n) is 12.7. The monoisotopic (exact) mass is 336 g/mol. The van der Waals surface area contributed by atoms with Crippen LogP contribution in [0.25, 0.3) is 0 Å². The molecule has 22 heavy (non-hydrogen) atoms. The molecule has 0 saturated heterocycles. The average molecular weight is 336 g/mol. The van der Waals surface area contributed by atoms with E-state index in [0.717, 1.165) is 11.6 Å². The zero-order chi connectivity index (χ0) is 15.5. The topological polar surface area (TPSA) is 37.3 Å². The van der Waals surface area contributed by atoms with Crippen molar-refractivity contribution in [2.24, 2.45) is 0 Å². The van der Waals surface area contributed by atoms with Crippen LogP contribution in [0.5, 0.6) is 0 Å². The molecule has 0 aliphatic heterocycles. The first-order chi connectivity index (χ1) is 9.88. The van der Waals surface area contributed by atoms with Crippen LogP contribution in [0, 0.1) is 0 Å². The third kappa shape index (κ3) is 5.05. The second-order valence-electron chi connectivity index (χ2n) is 4.29. The van der Waals surface area contributed by atoms with Crippen LogP contribution < -0.4 is 29.6 Å². The molecule has 0 radical (unpaired) electrons. The Labute approximate surface area is 153 Å². The number of benzene rings is 2. The van der Waals surface area contributed by atoms with E-state index in [1.54, 1.807) is 0 Å². The second kappa shape index (κ2) is 8.06. The number of hydrogen-bond donors (Lipinski definition) is 1. The molecule has 2 aromatic carbocycles. The number of alkyl halides is 3. The molecule has 112 valence electrons. The Balaban J connectivity index is 0.00000242. The van der Waals surface area contributed by atoms with Crippen LogP contribution in [-0.2, 0) is 11.9 Å². The molecule has 1 N–H and O–H groups in total. The van der Waals surface area contributed by atoms with Gasteiger partial charge < -0.3 is 6.53 Å². The number of carbonyl (C=O) groups is 1. The number of hydrogen-bond acceptors (Lipinski definition) is 2. The molecule has 0 aliphatic carbocycles. The van der Waals surface area contributed by atoms with E-state index in [1.165, 1.54) is 17.8 Å². The molecule has 0 unspecified atom stereocenters. The minimum atomic E-state index is -4.55. The van der Waals surface area contributed by atoms with Crippen molar-refractivity contribution in [2.75, 3.05) is 0 Å². The van der Waals surface area contributed by atoms with E-state index in [2.05, 4.69) is 0 Å². The van der Waals surface area contributed by atoms with E-state index in [4.69, 9.17) is 5.11 Å². The van der Waals surface area contributed by atoms with Crippen LogP contribution in [-0.4, -0.2) is 11.1 Å². The van der Waals surface area contributed by atoms with Gasteiger partial charge in [-0.15, -0.1) is 11.8 Å². The van der Waals surface area contributed by atoms with Crippen LogP contribution >= 0.6 is 11.8 Å². The minimum Gasteiger partial charge on any atom is -1.00 e. The minimum absolute atomic E-state index is 0. The van der Waals surface area contributed by atoms with Crippen molar-refractivity contribution in [3.05, 3.63) is 65.2 Å². The summed E-state index contributed by atoms with van der Waals surface area (Å²) in [5.41, 5.74) is -0.312. The molecule has 0 bridgehead atoms. The van der Waals surface area contributed by atoms with Gasteiger partial charge in [0.05, 0.1) is 11.1 Å². The summed E-state index contributed by atoms with van der Waals surface area (Å²) in [7, 11) is 0. The molecule has 0 heterocycles. The summed E-state index contributed by atoms with van der Waals surface area (Å²) in [4.78, 5) is 11.5. The van der Waals surface area contributed by atoms with Crippen molar-refractivity contribution < 1.29 is 54.1 Å². The Hall–Kier alpha value is -0.950. The fourth-order valence-electron chi connectivity index (χ4n) is 1.73. The van der Waals surface area contributed by atoms with E-state index in [1.807, 2.05) is 30.3 Å². The fourth-order valence-corrected chi connectivity index (χ4v) is 2.72. The Morgan fingerprint density at radius 2 is 1.77 bits per heavy atom. The Kier molecular flexibility index (Phi) is 6.99. The molecular formula is C15H12F3NaO2S. The van der Waals surface area contributed by atoms with E-state index in [0.29, 0.717) is 16.7 Å². The molecule has 2 nitrogen and oxygen atoms in total. The van der Waals surface area contributed by atoms with E-state index in [-0.39, 0.29) is 36.5 Å². The maximum absolute atomic E-state index is 12.6. The molecule has 2 aromatic rings. The van der Waals surface area contributed by atoms with Crippen molar-refractivity contribution >= 4 is 17.7 Å². The maximum atomic E-state index is 12.6. The number of thioether (sulfide) groups is 1. The molecule has 0 aliphatic rings. The van der Waals surface area contributed by atoms with Gasteiger partial charge in [0.15, 0.2) is 0 Å². The van der Waals surface area contributed by atoms with Crippen molar-refractivity contribution in [1.82, 2.24) is 0 Å². The predicted molar refractivity (Wildman–Crippen MR) is 75.5 cm³/mol. The van der Waals surface area contributed by atoms with Crippen LogP contribution in [0.3, 0.4) is 0 Å². The fraction of sp³-hybridized carbons (Fsp3) is 0.133. The molecule has 0 atom stereocenters. The van der Waals surface area contributed by atoms with Crippen LogP contribution in [0.1, 0.15) is 22.9 Å². The summed E-state index contributed by atoms with van der Waals surface area (Å²) in [5, 5.41) is 9.07. The first-order valence-corrected chi connectivity index (χ1v) is 6.98. The Morgan fingerprint density at radius 3 is 2.32 bits per heavy atom. The zero-order valence-corrected chi connectivity index (χ0v) is 14.5. The molecule has 0 fully saturated rings. The van der Waals surface area contributed by atoms with Gasteiger partial charge in [-0.25, -0.2) is 4.79 Å². The molecule has 2 rings (SSSR count). The summed E-state index contributed by atoms with van der Waals surface area (Å²) in [6.45, 7) is 0. The number of halogens is 3. The quantitative estimate of drug-likeness (QED) is 0.684. The summed E-state index contributed by atoms with van der Waals surface area (Å²) < 4.78 is 37.8. The van der Waals surface area contributed by atoms with Crippen molar-refractivity contribution in [1.29, 1.82) is 0 Å². The van der Waals surface area contributed by atoms with Gasteiger partial charge in [-0.05, 0) is 23.8 Å². The van der Waals surface area contributed by atoms with Gasteiger partial charge >= 0.3 is 41.7 Å². The molecule has 0 amide bonds. The number of carboxylic acid groups (broad SMARTS) is 1. The predicted octanol–water partition coefficient (Wildman–Crippen LogP) is 1.81. The summed E-state index contributed by atoms with van der Waals surface area (Å²) in [6.07, 6.45) is -4.55. The SMILES string of the molecule is O=C(O)c1cc(C(F)(F)F)ccc1SCc1ccccc1.[H-].[Na+]. The smallest absolute Gasteiger partial charge is 1.00 e. The largest absolute Gasteiger partial charge is 1.00 e. The maximum Gasteiger partial charge on any atom is 1.00 e. The van der Waals surface area contributed by atoms with Crippen molar-refractivity contribution in [3.8, 4) is 0 Å². The molecule has 0 saturated carbocycles. The van der Waals surface area contributed by atoms with Gasteiger partial charge in [-0.3, -0.25) is 0 Å². The van der Waals surface area contributed by atoms with E-state index < -0.39 is 17.7 Å². The van der Waals surface area contributed by atoms with Crippen LogP contribution in [0.4, 0.5) is 13.2 Å². The Morgan fingerprint density at radius 1 is 1.14 bits per heavy atom. The molecule has 7 heteroatoms. The van der Waals surface area contributed by atoms with Gasteiger partial charge in [-0.2, -0.15) is 13.2 Å². The van der Waals surface area contributed by atoms with E-state index >= 15 is 0 Å². The van der Waals surface area contributed by atoms with Crippen molar-refractivity contribution in [2.45, 2.75) is 16.8 Å². The standard InChI is InChI=1S/C15H11F3O2S.Na.H/c16-15(17,18)11-6-7-13(12(8-11)14(19)20)21-9-10-4-2-1-3-5-10;;/h1-8H,9H2,(H,19,20);;/q;+1;-1. The molecule has 0 aromatic heterocycles. The third-order valence-electron chi connectivity index (χ3n) is 2.77. The van der Waals surface area contributed by atoms with Gasteiger partial charge in [0, 0.05) is 10.6 Å². The van der Waals surface area contributed by atoms with E-state index in [9.17, 15) is 18.0 Å². The van der Waals surface area contributed by atoms with Crippen LogP contribution in [0.15, 0.2) is 53.4 Å². The number of aromatic carboxylic acids is 1. The van der Waals surface area contributed by atoms with Gasteiger partial charge in [0.25, 0.3) is 0 Å².